The molecule has 2 fully saturated rings. The summed E-state index contributed by atoms with van der Waals surface area (Å²) in [4.78, 5) is 31.9. The lowest BCUT2D eigenvalue weighted by Crippen LogP contribution is -2.50. The Kier molecular flexibility index (Phi) is 4.74. The molecular weight excluding hydrogens is 348 g/mol. The molecule has 2 amide bonds. The van der Waals surface area contributed by atoms with Gasteiger partial charge in [0.15, 0.2) is 0 Å². The van der Waals surface area contributed by atoms with E-state index < -0.39 is 0 Å². The van der Waals surface area contributed by atoms with Crippen molar-refractivity contribution in [2.75, 3.05) is 26.2 Å². The van der Waals surface area contributed by atoms with E-state index in [0.29, 0.717) is 44.1 Å². The maximum atomic E-state index is 12.5. The number of aromatic nitrogens is 4. The van der Waals surface area contributed by atoms with Crippen LogP contribution in [0.25, 0.3) is 0 Å². The van der Waals surface area contributed by atoms with E-state index in [9.17, 15) is 9.59 Å². The average molecular weight is 370 g/mol. The summed E-state index contributed by atoms with van der Waals surface area (Å²) in [6.45, 7) is 4.88. The van der Waals surface area contributed by atoms with Gasteiger partial charge >= 0.3 is 0 Å². The van der Waals surface area contributed by atoms with Crippen molar-refractivity contribution < 1.29 is 14.3 Å². The van der Waals surface area contributed by atoms with Crippen molar-refractivity contribution in [3.8, 4) is 5.88 Å². The summed E-state index contributed by atoms with van der Waals surface area (Å²) in [5.41, 5.74) is 1.33. The molecule has 0 radical (unpaired) electrons. The second kappa shape index (κ2) is 7.34. The molecule has 0 spiro atoms. The number of nitrogens with zero attached hydrogens (tertiary/aromatic N) is 6. The van der Waals surface area contributed by atoms with Crippen LogP contribution in [-0.2, 0) is 11.3 Å². The fraction of sp³-hybridized carbons (Fsp3) is 0.500. The molecule has 2 aliphatic heterocycles. The molecular formula is C18H22N6O3. The molecule has 4 heterocycles. The highest BCUT2D eigenvalue weighted by molar-refractivity contribution is 5.94. The van der Waals surface area contributed by atoms with Crippen LogP contribution in [0.1, 0.15) is 41.9 Å². The van der Waals surface area contributed by atoms with Gasteiger partial charge in [0.25, 0.3) is 5.91 Å². The first kappa shape index (κ1) is 17.4. The molecule has 0 aromatic carbocycles. The zero-order chi connectivity index (χ0) is 18.8. The van der Waals surface area contributed by atoms with Gasteiger partial charge in [-0.15, -0.1) is 5.10 Å². The number of amides is 2. The number of carbonyl (C=O) groups excluding carboxylic acids is 2. The zero-order valence-electron chi connectivity index (χ0n) is 15.2. The Labute approximate surface area is 156 Å². The minimum Gasteiger partial charge on any atom is -0.478 e. The summed E-state index contributed by atoms with van der Waals surface area (Å²) in [5.74, 6) is 0.640. The van der Waals surface area contributed by atoms with E-state index in [4.69, 9.17) is 4.74 Å². The Morgan fingerprint density at radius 2 is 2.19 bits per heavy atom. The molecule has 2 saturated heterocycles. The summed E-state index contributed by atoms with van der Waals surface area (Å²) in [6, 6.07) is 3.55. The molecule has 9 heteroatoms. The first-order valence-corrected chi connectivity index (χ1v) is 9.20. The first-order chi connectivity index (χ1) is 13.1. The number of ether oxygens (including phenoxy) is 1. The van der Waals surface area contributed by atoms with Crippen LogP contribution in [0.2, 0.25) is 0 Å². The van der Waals surface area contributed by atoms with E-state index in [2.05, 4.69) is 15.3 Å². The lowest BCUT2D eigenvalue weighted by atomic mass is 10.1. The number of rotatable bonds is 6. The molecule has 2 aromatic rings. The molecule has 2 aromatic heterocycles. The maximum absolute atomic E-state index is 12.5. The Bertz CT molecular complexity index is 828. The second-order valence-electron chi connectivity index (χ2n) is 6.79. The Hall–Kier alpha value is -2.97. The van der Waals surface area contributed by atoms with Gasteiger partial charge in [0.2, 0.25) is 11.8 Å². The largest absolute Gasteiger partial charge is 0.478 e. The predicted octanol–water partition coefficient (Wildman–Crippen LogP) is 0.891. The molecule has 0 aliphatic carbocycles. The quantitative estimate of drug-likeness (QED) is 0.750. The third kappa shape index (κ3) is 3.62. The van der Waals surface area contributed by atoms with Crippen LogP contribution in [0.4, 0.5) is 0 Å². The van der Waals surface area contributed by atoms with Crippen LogP contribution < -0.4 is 4.74 Å². The first-order valence-electron chi connectivity index (χ1n) is 9.20. The van der Waals surface area contributed by atoms with Crippen molar-refractivity contribution in [3.63, 3.8) is 0 Å². The van der Waals surface area contributed by atoms with Crippen LogP contribution in [0.3, 0.4) is 0 Å². The van der Waals surface area contributed by atoms with Gasteiger partial charge in [-0.3, -0.25) is 9.59 Å². The molecule has 27 heavy (non-hydrogen) atoms. The molecule has 0 atom stereocenters. The smallest absolute Gasteiger partial charge is 0.255 e. The van der Waals surface area contributed by atoms with Crippen molar-refractivity contribution in [2.45, 2.75) is 32.4 Å². The van der Waals surface area contributed by atoms with Gasteiger partial charge < -0.3 is 14.5 Å². The second-order valence-corrected chi connectivity index (χ2v) is 6.79. The van der Waals surface area contributed by atoms with E-state index >= 15 is 0 Å². The Balaban J connectivity index is 1.31. The highest BCUT2D eigenvalue weighted by Crippen LogP contribution is 2.23. The lowest BCUT2D eigenvalue weighted by Gasteiger charge is -2.38. The summed E-state index contributed by atoms with van der Waals surface area (Å²) in [5, 5.41) is 8.33. The van der Waals surface area contributed by atoms with Crippen LogP contribution in [0, 0.1) is 0 Å². The fourth-order valence-corrected chi connectivity index (χ4v) is 3.34. The van der Waals surface area contributed by atoms with Crippen molar-refractivity contribution in [1.29, 1.82) is 0 Å². The highest BCUT2D eigenvalue weighted by Gasteiger charge is 2.33. The minimum absolute atomic E-state index is 0.0511. The van der Waals surface area contributed by atoms with Crippen molar-refractivity contribution in [1.82, 2.24) is 29.8 Å². The molecule has 0 N–H and O–H groups in total. The predicted molar refractivity (Wildman–Crippen MR) is 95.0 cm³/mol. The van der Waals surface area contributed by atoms with E-state index in [-0.39, 0.29) is 17.9 Å². The fourth-order valence-electron chi connectivity index (χ4n) is 3.34. The number of pyridine rings is 1. The van der Waals surface area contributed by atoms with Crippen molar-refractivity contribution in [2.24, 2.45) is 0 Å². The van der Waals surface area contributed by atoms with Crippen LogP contribution >= 0.6 is 0 Å². The summed E-state index contributed by atoms with van der Waals surface area (Å²) < 4.78 is 7.08. The molecule has 9 nitrogen and oxygen atoms in total. The number of carbonyl (C=O) groups is 2. The molecule has 2 aliphatic rings. The Morgan fingerprint density at radius 1 is 1.33 bits per heavy atom. The normalized spacial score (nSPS) is 17.3. The molecule has 0 unspecified atom stereocenters. The molecule has 0 saturated carbocycles. The SMILES string of the molecule is CCOc1ccc(C(=O)N2CC(n3cc(CN4CCCC4=O)nn3)C2)cn1. The molecule has 0 bridgehead atoms. The summed E-state index contributed by atoms with van der Waals surface area (Å²) in [6.07, 6.45) is 4.94. The molecule has 4 rings (SSSR count). The number of hydrogen-bond acceptors (Lipinski definition) is 6. The maximum Gasteiger partial charge on any atom is 0.255 e. The van der Waals surface area contributed by atoms with Gasteiger partial charge in [-0.05, 0) is 19.4 Å². The van der Waals surface area contributed by atoms with Crippen molar-refractivity contribution in [3.05, 3.63) is 35.8 Å². The highest BCUT2D eigenvalue weighted by atomic mass is 16.5. The van der Waals surface area contributed by atoms with E-state index in [1.165, 1.54) is 0 Å². The van der Waals surface area contributed by atoms with Gasteiger partial charge in [0.1, 0.15) is 5.69 Å². The van der Waals surface area contributed by atoms with Gasteiger partial charge in [0, 0.05) is 38.3 Å². The van der Waals surface area contributed by atoms with Crippen LogP contribution in [-0.4, -0.2) is 67.8 Å². The van der Waals surface area contributed by atoms with Gasteiger partial charge in [-0.25, -0.2) is 9.67 Å². The van der Waals surface area contributed by atoms with E-state index in [0.717, 1.165) is 18.7 Å². The standard InChI is InChI=1S/C18H22N6O3/c1-2-27-16-6-5-13(8-19-16)18(26)23-11-15(12-23)24-10-14(20-21-24)9-22-7-3-4-17(22)25/h5-6,8,10,15H,2-4,7,9,11-12H2,1H3. The lowest BCUT2D eigenvalue weighted by molar-refractivity contribution is -0.128. The summed E-state index contributed by atoms with van der Waals surface area (Å²) >= 11 is 0. The van der Waals surface area contributed by atoms with Gasteiger partial charge in [-0.1, -0.05) is 5.21 Å². The van der Waals surface area contributed by atoms with Gasteiger partial charge in [0.05, 0.1) is 31.0 Å². The average Bonchev–Trinajstić information content (AvgIpc) is 3.24. The number of hydrogen-bond donors (Lipinski definition) is 0. The third-order valence-electron chi connectivity index (χ3n) is 4.88. The zero-order valence-corrected chi connectivity index (χ0v) is 15.2. The van der Waals surface area contributed by atoms with E-state index in [1.807, 2.05) is 18.0 Å². The van der Waals surface area contributed by atoms with E-state index in [1.54, 1.807) is 27.9 Å². The summed E-state index contributed by atoms with van der Waals surface area (Å²) in [7, 11) is 0. The van der Waals surface area contributed by atoms with Crippen molar-refractivity contribution >= 4 is 11.8 Å². The monoisotopic (exact) mass is 370 g/mol. The number of likely N-dealkylation sites (tertiary alicyclic amines) is 2. The van der Waals surface area contributed by atoms with Crippen LogP contribution in [0.15, 0.2) is 24.5 Å². The minimum atomic E-state index is -0.0511. The van der Waals surface area contributed by atoms with Crippen LogP contribution in [0.5, 0.6) is 5.88 Å². The van der Waals surface area contributed by atoms with Gasteiger partial charge in [-0.2, -0.15) is 0 Å². The third-order valence-corrected chi connectivity index (χ3v) is 4.88. The topological polar surface area (TPSA) is 93.5 Å². The molecule has 142 valence electrons. The Morgan fingerprint density at radius 3 is 2.85 bits per heavy atom.